The number of nitrogens with zero attached hydrogens (tertiary/aromatic N) is 3. The molecule has 0 amide bonds. The van der Waals surface area contributed by atoms with Gasteiger partial charge in [-0.25, -0.2) is 15.0 Å². The Morgan fingerprint density at radius 3 is 1.54 bits per heavy atom. The van der Waals surface area contributed by atoms with Gasteiger partial charge in [-0.3, -0.25) is 0 Å². The van der Waals surface area contributed by atoms with Crippen LogP contribution in [0, 0.1) is 0 Å². The predicted molar refractivity (Wildman–Crippen MR) is 185 cm³/mol. The normalized spacial score (nSPS) is 15.5. The molecule has 0 atom stereocenters. The van der Waals surface area contributed by atoms with Crippen LogP contribution < -0.4 is 5.46 Å². The van der Waals surface area contributed by atoms with Crippen LogP contribution in [0.4, 0.5) is 0 Å². The Morgan fingerprint density at radius 1 is 0.500 bits per heavy atom. The molecule has 7 aromatic rings. The van der Waals surface area contributed by atoms with Crippen molar-refractivity contribution in [1.29, 1.82) is 0 Å². The second kappa shape index (κ2) is 10.8. The van der Waals surface area contributed by atoms with Crippen molar-refractivity contribution in [3.05, 3.63) is 121 Å². The summed E-state index contributed by atoms with van der Waals surface area (Å²) in [4.78, 5) is 14.6. The monoisotopic (exact) mass is 601 g/mol. The first kappa shape index (κ1) is 28.4. The van der Waals surface area contributed by atoms with Gasteiger partial charge in [-0.15, -0.1) is 0 Å². The van der Waals surface area contributed by atoms with E-state index in [9.17, 15) is 0 Å². The first-order valence-electron chi connectivity index (χ1n) is 15.5. The molecule has 6 nitrogen and oxygen atoms in total. The van der Waals surface area contributed by atoms with Gasteiger partial charge in [-0.05, 0) is 56.4 Å². The fourth-order valence-corrected chi connectivity index (χ4v) is 5.96. The molecule has 0 saturated carbocycles. The molecule has 3 heterocycles. The summed E-state index contributed by atoms with van der Waals surface area (Å²) < 4.78 is 19.3. The molecule has 0 unspecified atom stereocenters. The van der Waals surface area contributed by atoms with Crippen LogP contribution in [0.25, 0.3) is 67.2 Å². The number of benzene rings is 5. The summed E-state index contributed by atoms with van der Waals surface area (Å²) in [5.74, 6) is 1.88. The molecule has 0 radical (unpaired) electrons. The molecule has 2 aromatic heterocycles. The van der Waals surface area contributed by atoms with E-state index in [1.807, 2.05) is 78.9 Å². The molecule has 224 valence electrons. The van der Waals surface area contributed by atoms with Crippen LogP contribution in [0.1, 0.15) is 27.7 Å². The number of aromatic nitrogens is 3. The summed E-state index contributed by atoms with van der Waals surface area (Å²) in [6.07, 6.45) is 0. The molecule has 0 N–H and O–H groups in total. The van der Waals surface area contributed by atoms with Crippen LogP contribution in [0.2, 0.25) is 0 Å². The number of rotatable bonds is 5. The van der Waals surface area contributed by atoms with Crippen molar-refractivity contribution in [3.63, 3.8) is 0 Å². The summed E-state index contributed by atoms with van der Waals surface area (Å²) in [5, 5.41) is 2.12. The van der Waals surface area contributed by atoms with Gasteiger partial charge in [-0.2, -0.15) is 0 Å². The topological polar surface area (TPSA) is 70.3 Å². The van der Waals surface area contributed by atoms with E-state index >= 15 is 0 Å². The van der Waals surface area contributed by atoms with E-state index in [2.05, 4.69) is 70.2 Å². The number of hydrogen-bond acceptors (Lipinski definition) is 6. The lowest BCUT2D eigenvalue weighted by Crippen LogP contribution is -2.41. The number of para-hydroxylation sites is 1. The van der Waals surface area contributed by atoms with Gasteiger partial charge in [0.25, 0.3) is 0 Å². The molecular formula is C39H32BN3O3. The fraction of sp³-hybridized carbons (Fsp3) is 0.154. The maximum atomic E-state index is 6.45. The Balaban J connectivity index is 1.25. The van der Waals surface area contributed by atoms with E-state index in [1.165, 1.54) is 0 Å². The van der Waals surface area contributed by atoms with E-state index in [0.29, 0.717) is 17.5 Å². The number of hydrogen-bond donors (Lipinski definition) is 0. The maximum Gasteiger partial charge on any atom is 0.494 e. The molecule has 0 spiro atoms. The van der Waals surface area contributed by atoms with Gasteiger partial charge in [0.05, 0.1) is 11.2 Å². The van der Waals surface area contributed by atoms with Gasteiger partial charge in [0.2, 0.25) is 0 Å². The van der Waals surface area contributed by atoms with Gasteiger partial charge in [0.15, 0.2) is 17.5 Å². The third kappa shape index (κ3) is 4.89. The minimum absolute atomic E-state index is 0.454. The SMILES string of the molecule is CC1(C)OB(c2cc(-c3ccc(-c4nc(-c5ccccc5)nc(-c5ccccc5)n4)cc3)c3c(c2)oc2ccccc23)OC1(C)C. The van der Waals surface area contributed by atoms with Crippen molar-refractivity contribution >= 4 is 34.5 Å². The quantitative estimate of drug-likeness (QED) is 0.184. The highest BCUT2D eigenvalue weighted by molar-refractivity contribution is 6.62. The summed E-state index contributed by atoms with van der Waals surface area (Å²) in [5.41, 5.74) is 6.51. The van der Waals surface area contributed by atoms with Crippen LogP contribution in [0.5, 0.6) is 0 Å². The second-order valence-corrected chi connectivity index (χ2v) is 12.7. The van der Waals surface area contributed by atoms with Gasteiger partial charge >= 0.3 is 7.12 Å². The average Bonchev–Trinajstić information content (AvgIpc) is 3.57. The molecule has 1 aliphatic heterocycles. The zero-order chi connectivity index (χ0) is 31.5. The molecule has 1 saturated heterocycles. The molecule has 1 aliphatic rings. The molecule has 0 bridgehead atoms. The highest BCUT2D eigenvalue weighted by Gasteiger charge is 2.52. The van der Waals surface area contributed by atoms with Gasteiger partial charge in [-0.1, -0.05) is 109 Å². The van der Waals surface area contributed by atoms with Crippen LogP contribution in [-0.4, -0.2) is 33.3 Å². The Kier molecular flexibility index (Phi) is 6.64. The van der Waals surface area contributed by atoms with Crippen molar-refractivity contribution < 1.29 is 13.7 Å². The lowest BCUT2D eigenvalue weighted by Gasteiger charge is -2.32. The summed E-state index contributed by atoms with van der Waals surface area (Å²) in [6.45, 7) is 8.28. The lowest BCUT2D eigenvalue weighted by atomic mass is 9.77. The van der Waals surface area contributed by atoms with Crippen molar-refractivity contribution in [1.82, 2.24) is 15.0 Å². The summed E-state index contributed by atoms with van der Waals surface area (Å²) >= 11 is 0. The minimum atomic E-state index is -0.515. The summed E-state index contributed by atoms with van der Waals surface area (Å²) in [7, 11) is -0.515. The van der Waals surface area contributed by atoms with Crippen LogP contribution in [0.3, 0.4) is 0 Å². The van der Waals surface area contributed by atoms with Crippen LogP contribution >= 0.6 is 0 Å². The fourth-order valence-electron chi connectivity index (χ4n) is 5.96. The first-order valence-corrected chi connectivity index (χ1v) is 15.5. The van der Waals surface area contributed by atoms with E-state index in [1.54, 1.807) is 0 Å². The van der Waals surface area contributed by atoms with E-state index in [4.69, 9.17) is 28.7 Å². The van der Waals surface area contributed by atoms with Crippen LogP contribution in [-0.2, 0) is 9.31 Å². The Morgan fingerprint density at radius 2 is 0.978 bits per heavy atom. The highest BCUT2D eigenvalue weighted by atomic mass is 16.7. The molecule has 0 aliphatic carbocycles. The maximum absolute atomic E-state index is 6.45. The average molecular weight is 602 g/mol. The van der Waals surface area contributed by atoms with Gasteiger partial charge in [0, 0.05) is 27.5 Å². The molecule has 7 heteroatoms. The van der Waals surface area contributed by atoms with Crippen molar-refractivity contribution in [2.75, 3.05) is 0 Å². The second-order valence-electron chi connectivity index (χ2n) is 12.7. The van der Waals surface area contributed by atoms with E-state index in [-0.39, 0.29) is 0 Å². The van der Waals surface area contributed by atoms with Gasteiger partial charge in [0.1, 0.15) is 11.2 Å². The Labute approximate surface area is 268 Å². The first-order chi connectivity index (χ1) is 22.3. The zero-order valence-electron chi connectivity index (χ0n) is 26.2. The Hall–Kier alpha value is -5.11. The van der Waals surface area contributed by atoms with Crippen molar-refractivity contribution in [3.8, 4) is 45.3 Å². The molecule has 5 aromatic carbocycles. The molecule has 8 rings (SSSR count). The van der Waals surface area contributed by atoms with Gasteiger partial charge < -0.3 is 13.7 Å². The van der Waals surface area contributed by atoms with E-state index in [0.717, 1.165) is 55.2 Å². The molecular weight excluding hydrogens is 569 g/mol. The Bertz CT molecular complexity index is 2140. The number of fused-ring (bicyclic) bond motifs is 3. The number of furan rings is 1. The molecule has 46 heavy (non-hydrogen) atoms. The highest BCUT2D eigenvalue weighted by Crippen LogP contribution is 2.40. The van der Waals surface area contributed by atoms with Crippen molar-refractivity contribution in [2.24, 2.45) is 0 Å². The largest absolute Gasteiger partial charge is 0.494 e. The van der Waals surface area contributed by atoms with Crippen LogP contribution in [0.15, 0.2) is 126 Å². The minimum Gasteiger partial charge on any atom is -0.456 e. The molecule has 1 fully saturated rings. The third-order valence-corrected chi connectivity index (χ3v) is 9.18. The standard InChI is InChI=1S/C39H32BN3O3/c1-38(2)39(3,4)46-40(45-38)29-23-31(34-30-17-11-12-18-32(30)44-33(34)24-29)25-19-21-28(22-20-25)37-42-35(26-13-7-5-8-14-26)41-36(43-37)27-15-9-6-10-16-27/h5-24H,1-4H3. The van der Waals surface area contributed by atoms with Crippen molar-refractivity contribution in [2.45, 2.75) is 38.9 Å². The smallest absolute Gasteiger partial charge is 0.456 e. The summed E-state index contributed by atoms with van der Waals surface area (Å²) in [6, 6.07) is 40.8. The zero-order valence-corrected chi connectivity index (χ0v) is 26.2. The van der Waals surface area contributed by atoms with E-state index < -0.39 is 18.3 Å². The predicted octanol–water partition coefficient (Wildman–Crippen LogP) is 8.74. The third-order valence-electron chi connectivity index (χ3n) is 9.18. The lowest BCUT2D eigenvalue weighted by molar-refractivity contribution is 0.00578.